The molecule has 0 fully saturated rings. The minimum absolute atomic E-state index is 0.0268. The van der Waals surface area contributed by atoms with Gasteiger partial charge < -0.3 is 11.1 Å². The van der Waals surface area contributed by atoms with Crippen LogP contribution >= 0.6 is 11.3 Å². The Morgan fingerprint density at radius 2 is 1.05 bits per heavy atom. The van der Waals surface area contributed by atoms with Gasteiger partial charge in [0.15, 0.2) is 0 Å². The second-order valence-corrected chi connectivity index (χ2v) is 8.76. The molecule has 0 aromatic carbocycles. The Hall–Kier alpha value is -2.55. The number of alkyl halides is 17. The quantitative estimate of drug-likeness (QED) is 0.284. The molecule has 39 heavy (non-hydrogen) atoms. The maximum Gasteiger partial charge on any atom is 0.460 e. The molecule has 1 aromatic heterocycles. The SMILES string of the molecule is CCc1c(C)sc(NC(=O)C(F)(F)C(F)(F)C(F)(F)C(F)(F)C(F)(F)C(F)(F)C(F)(F)C(F)(F)F)c1C(N)=O. The first kappa shape index (κ1) is 34.5. The van der Waals surface area contributed by atoms with E-state index in [-0.39, 0.29) is 28.2 Å². The topological polar surface area (TPSA) is 72.2 Å². The average Bonchev–Trinajstić information content (AvgIpc) is 3.06. The van der Waals surface area contributed by atoms with E-state index in [1.54, 1.807) is 0 Å². The first-order valence-corrected chi connectivity index (χ1v) is 10.2. The molecule has 1 aromatic rings. The molecule has 3 N–H and O–H groups in total. The van der Waals surface area contributed by atoms with Crippen LogP contribution in [0.25, 0.3) is 0 Å². The van der Waals surface area contributed by atoms with Crippen molar-refractivity contribution in [3.63, 3.8) is 0 Å². The summed E-state index contributed by atoms with van der Waals surface area (Å²) in [5.41, 5.74) is 3.93. The molecule has 2 amide bonds. The van der Waals surface area contributed by atoms with Crippen LogP contribution in [-0.2, 0) is 11.2 Å². The molecule has 0 saturated heterocycles. The number of hydrogen-bond acceptors (Lipinski definition) is 3. The highest BCUT2D eigenvalue weighted by Gasteiger charge is 2.95. The summed E-state index contributed by atoms with van der Waals surface area (Å²) in [6, 6.07) is 0. The number of aryl methyl sites for hydroxylation is 1. The van der Waals surface area contributed by atoms with Gasteiger partial charge in [0.2, 0.25) is 0 Å². The molecule has 0 bridgehead atoms. The molecule has 1 heterocycles. The maximum absolute atomic E-state index is 14.1. The second kappa shape index (κ2) is 9.53. The van der Waals surface area contributed by atoms with Crippen molar-refractivity contribution in [1.82, 2.24) is 0 Å². The zero-order chi connectivity index (χ0) is 31.6. The molecule has 226 valence electrons. The fraction of sp³-hybridized carbons (Fsp3) is 0.647. The summed E-state index contributed by atoms with van der Waals surface area (Å²) in [5, 5.41) is -0.436. The number of primary amides is 1. The van der Waals surface area contributed by atoms with E-state index in [2.05, 4.69) is 0 Å². The molecule has 0 aliphatic heterocycles. The number of rotatable bonds is 10. The standard InChI is InChI=1S/C17H11F17N2O2S/c1-3-5-4(2)39-8(6(5)7(35)37)36-9(38)10(18,19)11(20,21)12(22,23)13(24,25)14(26,27)15(28,29)16(30,31)17(32,33)34/h3H2,1-2H3,(H2,35,37)(H,36,38). The van der Waals surface area contributed by atoms with E-state index in [0.717, 1.165) is 12.2 Å². The summed E-state index contributed by atoms with van der Waals surface area (Å²) < 4.78 is 227. The van der Waals surface area contributed by atoms with Gasteiger partial charge in [-0.3, -0.25) is 9.59 Å². The number of carbonyl (C=O) groups is 2. The highest BCUT2D eigenvalue weighted by molar-refractivity contribution is 7.16. The van der Waals surface area contributed by atoms with Gasteiger partial charge in [0, 0.05) is 4.88 Å². The number of amides is 2. The van der Waals surface area contributed by atoms with E-state index in [0.29, 0.717) is 0 Å². The van der Waals surface area contributed by atoms with Gasteiger partial charge in [-0.1, -0.05) is 6.92 Å². The Kier molecular flexibility index (Phi) is 8.42. The van der Waals surface area contributed by atoms with E-state index in [1.807, 2.05) is 0 Å². The lowest BCUT2D eigenvalue weighted by molar-refractivity contribution is -0.459. The van der Waals surface area contributed by atoms with Gasteiger partial charge in [-0.05, 0) is 18.9 Å². The summed E-state index contributed by atoms with van der Waals surface area (Å²) in [5.74, 6) is -63.9. The van der Waals surface area contributed by atoms with E-state index >= 15 is 0 Å². The Morgan fingerprint density at radius 1 is 0.692 bits per heavy atom. The van der Waals surface area contributed by atoms with Crippen molar-refractivity contribution < 1.29 is 84.2 Å². The molecule has 0 unspecified atom stereocenters. The number of carbonyl (C=O) groups excluding carboxylic acids is 2. The van der Waals surface area contributed by atoms with Crippen LogP contribution in [-0.4, -0.2) is 59.4 Å². The number of hydrogen-bond donors (Lipinski definition) is 2. The molecule has 0 aliphatic rings. The number of nitrogens with one attached hydrogen (secondary N) is 1. The van der Waals surface area contributed by atoms with E-state index in [4.69, 9.17) is 5.73 Å². The normalized spacial score (nSPS) is 14.9. The van der Waals surface area contributed by atoms with Crippen LogP contribution in [0.5, 0.6) is 0 Å². The number of thiophene rings is 1. The third-order valence-electron chi connectivity index (χ3n) is 5.04. The van der Waals surface area contributed by atoms with Crippen LogP contribution in [0, 0.1) is 6.92 Å². The second-order valence-electron chi connectivity index (χ2n) is 7.53. The van der Waals surface area contributed by atoms with Gasteiger partial charge in [-0.15, -0.1) is 11.3 Å². The van der Waals surface area contributed by atoms with Crippen LogP contribution in [0.4, 0.5) is 79.6 Å². The van der Waals surface area contributed by atoms with Gasteiger partial charge in [0.1, 0.15) is 5.00 Å². The van der Waals surface area contributed by atoms with E-state index < -0.39 is 70.0 Å². The summed E-state index contributed by atoms with van der Waals surface area (Å²) in [6.07, 6.45) is -8.02. The summed E-state index contributed by atoms with van der Waals surface area (Å²) in [4.78, 5) is 23.2. The van der Waals surface area contributed by atoms with Gasteiger partial charge in [0.05, 0.1) is 5.56 Å². The van der Waals surface area contributed by atoms with Gasteiger partial charge >= 0.3 is 53.5 Å². The van der Waals surface area contributed by atoms with Crippen LogP contribution in [0.15, 0.2) is 0 Å². The molecule has 0 radical (unpaired) electrons. The van der Waals surface area contributed by atoms with E-state index in [1.165, 1.54) is 6.92 Å². The minimum Gasteiger partial charge on any atom is -0.365 e. The van der Waals surface area contributed by atoms with Crippen molar-refractivity contribution in [2.45, 2.75) is 67.9 Å². The third kappa shape index (κ3) is 4.64. The van der Waals surface area contributed by atoms with Crippen molar-refractivity contribution in [1.29, 1.82) is 0 Å². The predicted molar refractivity (Wildman–Crippen MR) is 96.3 cm³/mol. The molecular formula is C17H11F17N2O2S. The fourth-order valence-corrected chi connectivity index (χ4v) is 3.99. The lowest BCUT2D eigenvalue weighted by atomic mass is 9.89. The highest BCUT2D eigenvalue weighted by atomic mass is 32.1. The lowest BCUT2D eigenvalue weighted by Gasteiger charge is -2.42. The van der Waals surface area contributed by atoms with Crippen molar-refractivity contribution in [2.24, 2.45) is 5.73 Å². The lowest BCUT2D eigenvalue weighted by Crippen LogP contribution is -2.75. The summed E-state index contributed by atoms with van der Waals surface area (Å²) in [6.45, 7) is 2.43. The highest BCUT2D eigenvalue weighted by Crippen LogP contribution is 2.64. The molecular weight excluding hydrogens is 619 g/mol. The number of halogens is 17. The molecule has 4 nitrogen and oxygen atoms in total. The molecule has 22 heteroatoms. The van der Waals surface area contributed by atoms with Crippen LogP contribution in [0.3, 0.4) is 0 Å². The molecule has 0 spiro atoms. The Bertz CT molecular complexity index is 1120. The smallest absolute Gasteiger partial charge is 0.365 e. The maximum atomic E-state index is 14.1. The fourth-order valence-electron chi connectivity index (χ4n) is 2.84. The van der Waals surface area contributed by atoms with Gasteiger partial charge in [0.25, 0.3) is 5.91 Å². The first-order chi connectivity index (χ1) is 16.9. The third-order valence-corrected chi connectivity index (χ3v) is 6.11. The Balaban J connectivity index is 3.67. The Labute approximate surface area is 208 Å². The average molecular weight is 630 g/mol. The van der Waals surface area contributed by atoms with E-state index in [9.17, 15) is 84.2 Å². The van der Waals surface area contributed by atoms with Crippen molar-refractivity contribution in [2.75, 3.05) is 5.32 Å². The molecule has 1 rings (SSSR count). The zero-order valence-corrected chi connectivity index (χ0v) is 19.3. The van der Waals surface area contributed by atoms with Crippen molar-refractivity contribution in [3.05, 3.63) is 16.0 Å². The van der Waals surface area contributed by atoms with Gasteiger partial charge in [-0.25, -0.2) is 0 Å². The van der Waals surface area contributed by atoms with Crippen LogP contribution in [0.2, 0.25) is 0 Å². The number of nitrogens with two attached hydrogens (primary N) is 1. The zero-order valence-electron chi connectivity index (χ0n) is 18.4. The van der Waals surface area contributed by atoms with Crippen molar-refractivity contribution in [3.8, 4) is 0 Å². The largest absolute Gasteiger partial charge is 0.460 e. The predicted octanol–water partition coefficient (Wildman–Crippen LogP) is 6.67. The monoisotopic (exact) mass is 630 g/mol. The van der Waals surface area contributed by atoms with Crippen molar-refractivity contribution >= 4 is 28.2 Å². The first-order valence-electron chi connectivity index (χ1n) is 9.38. The molecule has 0 atom stereocenters. The molecule has 0 aliphatic carbocycles. The minimum atomic E-state index is -8.81. The summed E-state index contributed by atoms with van der Waals surface area (Å²) in [7, 11) is 0. The number of anilines is 1. The summed E-state index contributed by atoms with van der Waals surface area (Å²) >= 11 is 0.119. The van der Waals surface area contributed by atoms with Crippen LogP contribution in [0.1, 0.15) is 27.7 Å². The Morgan fingerprint density at radius 3 is 1.38 bits per heavy atom. The van der Waals surface area contributed by atoms with Crippen LogP contribution < -0.4 is 11.1 Å². The molecule has 0 saturated carbocycles. The van der Waals surface area contributed by atoms with Gasteiger partial charge in [-0.2, -0.15) is 74.6 Å².